The molecule has 1 aromatic heterocycles. The molecule has 4 rings (SSSR count). The number of phenolic OH excluding ortho intramolecular Hbond substituents is 1. The summed E-state index contributed by atoms with van der Waals surface area (Å²) in [5.41, 5.74) is 4.93. The molecule has 0 aliphatic carbocycles. The van der Waals surface area contributed by atoms with Gasteiger partial charge >= 0.3 is 6.09 Å². The van der Waals surface area contributed by atoms with E-state index >= 15 is 0 Å². The summed E-state index contributed by atoms with van der Waals surface area (Å²) < 4.78 is 5.68. The molecule has 2 aromatic carbocycles. The summed E-state index contributed by atoms with van der Waals surface area (Å²) in [6.45, 7) is 8.30. The van der Waals surface area contributed by atoms with E-state index in [1.54, 1.807) is 17.0 Å². The molecule has 0 saturated carbocycles. The van der Waals surface area contributed by atoms with E-state index in [9.17, 15) is 9.90 Å². The summed E-state index contributed by atoms with van der Waals surface area (Å²) >= 11 is 0. The van der Waals surface area contributed by atoms with Crippen LogP contribution in [0.1, 0.15) is 49.2 Å². The van der Waals surface area contributed by atoms with Crippen LogP contribution in [0, 0.1) is 6.92 Å². The fraction of sp³-hybridized carbons (Fsp3) is 0.348. The molecule has 1 aliphatic heterocycles. The van der Waals surface area contributed by atoms with E-state index in [0.29, 0.717) is 6.54 Å². The molecule has 5 heteroatoms. The normalized spacial score (nSPS) is 16.9. The topological polar surface area (TPSA) is 65.6 Å². The number of H-pyrrole nitrogens is 1. The Bertz CT molecular complexity index is 1030. The highest BCUT2D eigenvalue weighted by Crippen LogP contribution is 2.39. The van der Waals surface area contributed by atoms with Crippen LogP contribution in [0.25, 0.3) is 10.9 Å². The van der Waals surface area contributed by atoms with Gasteiger partial charge in [-0.05, 0) is 69.5 Å². The number of aromatic amines is 1. The molecular formula is C23H26N2O3. The van der Waals surface area contributed by atoms with Gasteiger partial charge in [-0.1, -0.05) is 23.8 Å². The number of rotatable bonds is 1. The lowest BCUT2D eigenvalue weighted by Crippen LogP contribution is -2.43. The Hall–Kier alpha value is -2.95. The summed E-state index contributed by atoms with van der Waals surface area (Å²) in [5.74, 6) is 0.205. The van der Waals surface area contributed by atoms with Crippen LogP contribution < -0.4 is 0 Å². The van der Waals surface area contributed by atoms with Crippen molar-refractivity contribution in [2.75, 3.05) is 6.54 Å². The van der Waals surface area contributed by atoms with Crippen LogP contribution in [0.5, 0.6) is 5.75 Å². The molecule has 0 saturated heterocycles. The standard InChI is InChI=1S/C23H26N2O3/c1-14-5-10-19-18(13-14)17-11-12-25(22(27)28-23(2,3)4)21(20(17)24-19)15-6-8-16(26)9-7-15/h5-10,13,21,24,26H,11-12H2,1-4H3/t21-/m0/s1. The first-order valence-electron chi connectivity index (χ1n) is 9.62. The molecule has 0 unspecified atom stereocenters. The zero-order chi connectivity index (χ0) is 20.1. The minimum atomic E-state index is -0.561. The Morgan fingerprint density at radius 1 is 1.18 bits per heavy atom. The number of carbonyl (C=O) groups excluding carboxylic acids is 1. The smallest absolute Gasteiger partial charge is 0.411 e. The van der Waals surface area contributed by atoms with E-state index in [2.05, 4.69) is 30.1 Å². The first-order chi connectivity index (χ1) is 13.2. The van der Waals surface area contributed by atoms with Gasteiger partial charge in [0.15, 0.2) is 0 Å². The van der Waals surface area contributed by atoms with E-state index in [1.807, 2.05) is 32.9 Å². The molecule has 1 atom stereocenters. The molecule has 2 N–H and O–H groups in total. The molecule has 0 spiro atoms. The Morgan fingerprint density at radius 3 is 2.57 bits per heavy atom. The Balaban J connectivity index is 1.84. The van der Waals surface area contributed by atoms with Crippen molar-refractivity contribution in [1.82, 2.24) is 9.88 Å². The van der Waals surface area contributed by atoms with Gasteiger partial charge in [-0.25, -0.2) is 4.79 Å². The van der Waals surface area contributed by atoms with Crippen molar-refractivity contribution in [3.63, 3.8) is 0 Å². The summed E-state index contributed by atoms with van der Waals surface area (Å²) in [5, 5.41) is 10.9. The van der Waals surface area contributed by atoms with Gasteiger partial charge in [-0.3, -0.25) is 4.90 Å². The molecule has 0 bridgehead atoms. The van der Waals surface area contributed by atoms with Crippen LogP contribution in [-0.2, 0) is 11.2 Å². The van der Waals surface area contributed by atoms with Crippen molar-refractivity contribution in [2.24, 2.45) is 0 Å². The molecule has 1 amide bonds. The molecule has 2 heterocycles. The van der Waals surface area contributed by atoms with Crippen LogP contribution in [0.4, 0.5) is 4.79 Å². The van der Waals surface area contributed by atoms with Crippen molar-refractivity contribution < 1.29 is 14.6 Å². The van der Waals surface area contributed by atoms with Crippen LogP contribution >= 0.6 is 0 Å². The molecule has 0 radical (unpaired) electrons. The number of nitrogens with zero attached hydrogens (tertiary/aromatic N) is 1. The van der Waals surface area contributed by atoms with Gasteiger partial charge in [-0.2, -0.15) is 0 Å². The second kappa shape index (κ2) is 6.59. The monoisotopic (exact) mass is 378 g/mol. The number of nitrogens with one attached hydrogen (secondary N) is 1. The van der Waals surface area contributed by atoms with Gasteiger partial charge in [-0.15, -0.1) is 0 Å². The largest absolute Gasteiger partial charge is 0.508 e. The minimum absolute atomic E-state index is 0.205. The molecule has 5 nitrogen and oxygen atoms in total. The highest BCUT2D eigenvalue weighted by molar-refractivity contribution is 5.86. The molecule has 3 aromatic rings. The van der Waals surface area contributed by atoms with Crippen LogP contribution in [0.15, 0.2) is 42.5 Å². The lowest BCUT2D eigenvalue weighted by atomic mass is 9.92. The highest BCUT2D eigenvalue weighted by Gasteiger charge is 2.36. The molecule has 1 aliphatic rings. The number of hydrogen-bond acceptors (Lipinski definition) is 3. The maximum atomic E-state index is 13.0. The zero-order valence-corrected chi connectivity index (χ0v) is 16.7. The highest BCUT2D eigenvalue weighted by atomic mass is 16.6. The SMILES string of the molecule is Cc1ccc2[nH]c3c(c2c1)CCN(C(=O)OC(C)(C)C)[C@H]3c1ccc(O)cc1. The summed E-state index contributed by atoms with van der Waals surface area (Å²) in [6, 6.07) is 13.1. The number of carbonyl (C=O) groups is 1. The van der Waals surface area contributed by atoms with Crippen molar-refractivity contribution in [3.8, 4) is 5.75 Å². The van der Waals surface area contributed by atoms with Crippen molar-refractivity contribution in [3.05, 3.63) is 64.8 Å². The van der Waals surface area contributed by atoms with Gasteiger partial charge in [0.05, 0.1) is 0 Å². The first kappa shape index (κ1) is 18.4. The Morgan fingerprint density at radius 2 is 1.89 bits per heavy atom. The number of aromatic nitrogens is 1. The number of ether oxygens (including phenoxy) is 1. The van der Waals surface area contributed by atoms with E-state index in [1.165, 1.54) is 16.5 Å². The third-order valence-electron chi connectivity index (χ3n) is 5.12. The minimum Gasteiger partial charge on any atom is -0.508 e. The second-order valence-corrected chi connectivity index (χ2v) is 8.48. The van der Waals surface area contributed by atoms with Gasteiger partial charge in [0.25, 0.3) is 0 Å². The lowest BCUT2D eigenvalue weighted by molar-refractivity contribution is 0.0175. The maximum Gasteiger partial charge on any atom is 0.411 e. The number of hydrogen-bond donors (Lipinski definition) is 2. The number of amides is 1. The maximum absolute atomic E-state index is 13.0. The second-order valence-electron chi connectivity index (χ2n) is 8.48. The van der Waals surface area contributed by atoms with Crippen molar-refractivity contribution in [2.45, 2.75) is 45.8 Å². The van der Waals surface area contributed by atoms with E-state index in [4.69, 9.17) is 4.74 Å². The van der Waals surface area contributed by atoms with E-state index < -0.39 is 5.60 Å². The number of aromatic hydroxyl groups is 1. The molecular weight excluding hydrogens is 352 g/mol. The predicted octanol–water partition coefficient (Wildman–Crippen LogP) is 5.06. The number of aryl methyl sites for hydroxylation is 1. The molecule has 146 valence electrons. The quantitative estimate of drug-likeness (QED) is 0.622. The molecule has 28 heavy (non-hydrogen) atoms. The fourth-order valence-electron chi connectivity index (χ4n) is 3.92. The van der Waals surface area contributed by atoms with Gasteiger partial charge in [0, 0.05) is 23.1 Å². The Labute approximate surface area is 164 Å². The fourth-order valence-corrected chi connectivity index (χ4v) is 3.92. The van der Waals surface area contributed by atoms with E-state index in [-0.39, 0.29) is 17.9 Å². The van der Waals surface area contributed by atoms with Crippen molar-refractivity contribution in [1.29, 1.82) is 0 Å². The summed E-state index contributed by atoms with van der Waals surface area (Å²) in [6.07, 6.45) is 0.443. The average molecular weight is 378 g/mol. The number of phenols is 1. The summed E-state index contributed by atoms with van der Waals surface area (Å²) in [4.78, 5) is 18.3. The van der Waals surface area contributed by atoms with Gasteiger partial charge < -0.3 is 14.8 Å². The predicted molar refractivity (Wildman–Crippen MR) is 110 cm³/mol. The third kappa shape index (κ3) is 3.33. The first-order valence-corrected chi connectivity index (χ1v) is 9.62. The van der Waals surface area contributed by atoms with Crippen LogP contribution in [-0.4, -0.2) is 33.2 Å². The third-order valence-corrected chi connectivity index (χ3v) is 5.12. The lowest BCUT2D eigenvalue weighted by Gasteiger charge is -2.37. The van der Waals surface area contributed by atoms with Crippen molar-refractivity contribution >= 4 is 17.0 Å². The zero-order valence-electron chi connectivity index (χ0n) is 16.7. The number of benzene rings is 2. The molecule has 0 fully saturated rings. The van der Waals surface area contributed by atoms with Gasteiger partial charge in [0.2, 0.25) is 0 Å². The van der Waals surface area contributed by atoms with Crippen LogP contribution in [0.2, 0.25) is 0 Å². The van der Waals surface area contributed by atoms with E-state index in [0.717, 1.165) is 23.2 Å². The Kier molecular flexibility index (Phi) is 4.33. The van der Waals surface area contributed by atoms with Crippen LogP contribution in [0.3, 0.4) is 0 Å². The summed E-state index contributed by atoms with van der Waals surface area (Å²) in [7, 11) is 0. The van der Waals surface area contributed by atoms with Gasteiger partial charge in [0.1, 0.15) is 17.4 Å². The number of fused-ring (bicyclic) bond motifs is 3. The average Bonchev–Trinajstić information content (AvgIpc) is 2.98.